The van der Waals surface area contributed by atoms with Crippen LogP contribution in [-0.2, 0) is 6.54 Å². The third-order valence-electron chi connectivity index (χ3n) is 5.96. The highest BCUT2D eigenvalue weighted by Gasteiger charge is 2.22. The van der Waals surface area contributed by atoms with E-state index in [1.165, 1.54) is 25.6 Å². The van der Waals surface area contributed by atoms with Crippen LogP contribution in [0.5, 0.6) is 0 Å². The highest BCUT2D eigenvalue weighted by Crippen LogP contribution is 2.23. The molecule has 3 aromatic heterocycles. The molecule has 1 fully saturated rings. The lowest BCUT2D eigenvalue weighted by atomic mass is 10.1. The fourth-order valence-corrected chi connectivity index (χ4v) is 4.19. The van der Waals surface area contributed by atoms with Gasteiger partial charge in [0.15, 0.2) is 5.82 Å². The molecule has 1 aliphatic rings. The molecule has 4 aromatic rings. The van der Waals surface area contributed by atoms with E-state index in [0.717, 1.165) is 0 Å². The van der Waals surface area contributed by atoms with E-state index in [1.54, 1.807) is 22.6 Å². The van der Waals surface area contributed by atoms with E-state index in [2.05, 4.69) is 25.2 Å². The minimum atomic E-state index is -0.695. The Labute approximate surface area is 186 Å². The number of aromatic amines is 1. The minimum Gasteiger partial charge on any atom is -0.365 e. The molecule has 4 heterocycles. The van der Waals surface area contributed by atoms with Gasteiger partial charge in [0.25, 0.3) is 11.5 Å². The summed E-state index contributed by atoms with van der Waals surface area (Å²) in [4.78, 5) is 38.1. The van der Waals surface area contributed by atoms with Crippen LogP contribution >= 0.6 is 0 Å². The van der Waals surface area contributed by atoms with Crippen molar-refractivity contribution in [2.75, 3.05) is 38.1 Å². The summed E-state index contributed by atoms with van der Waals surface area (Å²) in [5, 5.41) is 2.42. The van der Waals surface area contributed by atoms with Crippen molar-refractivity contribution in [3.63, 3.8) is 0 Å². The number of imidazole rings is 1. The Hall–Kier alpha value is -3.86. The summed E-state index contributed by atoms with van der Waals surface area (Å²) in [6.07, 6.45) is 2.93. The van der Waals surface area contributed by atoms with Gasteiger partial charge in [0.05, 0.1) is 23.7 Å². The predicted octanol–water partition coefficient (Wildman–Crippen LogP) is 1.53. The number of amides is 1. The van der Waals surface area contributed by atoms with E-state index in [9.17, 15) is 14.0 Å². The molecule has 0 spiro atoms. The maximum absolute atomic E-state index is 15.2. The number of aromatic nitrogens is 4. The standard InChI is InChI=1S/C22H21F2N7O2/c1-25-21(32)14-3-5-16(20(24)27-14)30-8-6-29(7-9-30)11-13-2-4-15-19(18(13)23)28-22(33)17-10-26-12-31(15)17/h2-5,10,12H,6-9,11H2,1H3,(H,25,32)(H,28,33). The second-order valence-electron chi connectivity index (χ2n) is 7.88. The average molecular weight is 453 g/mol. The predicted molar refractivity (Wildman–Crippen MR) is 118 cm³/mol. The minimum absolute atomic E-state index is 0.0233. The number of H-pyrrole nitrogens is 1. The first-order valence-electron chi connectivity index (χ1n) is 10.5. The summed E-state index contributed by atoms with van der Waals surface area (Å²) in [7, 11) is 1.46. The lowest BCUT2D eigenvalue weighted by molar-refractivity contribution is 0.0957. The smallest absolute Gasteiger partial charge is 0.274 e. The summed E-state index contributed by atoms with van der Waals surface area (Å²) >= 11 is 0. The molecule has 0 bridgehead atoms. The van der Waals surface area contributed by atoms with Gasteiger partial charge in [0.2, 0.25) is 5.95 Å². The van der Waals surface area contributed by atoms with Crippen LogP contribution in [0.3, 0.4) is 0 Å². The number of nitrogens with zero attached hydrogens (tertiary/aromatic N) is 5. The molecule has 0 saturated carbocycles. The molecular formula is C22H21F2N7O2. The topological polar surface area (TPSA) is 98.6 Å². The first-order valence-corrected chi connectivity index (χ1v) is 10.5. The number of fused-ring (bicyclic) bond motifs is 3. The maximum atomic E-state index is 15.2. The van der Waals surface area contributed by atoms with E-state index in [4.69, 9.17) is 0 Å². The van der Waals surface area contributed by atoms with Crippen molar-refractivity contribution in [2.24, 2.45) is 0 Å². The van der Waals surface area contributed by atoms with E-state index in [1.807, 2.05) is 4.90 Å². The van der Waals surface area contributed by atoms with Crippen molar-refractivity contribution in [1.29, 1.82) is 0 Å². The summed E-state index contributed by atoms with van der Waals surface area (Å²) in [5.41, 5.74) is 1.46. The normalized spacial score (nSPS) is 14.8. The number of hydrogen-bond donors (Lipinski definition) is 2. The van der Waals surface area contributed by atoms with Crippen molar-refractivity contribution in [2.45, 2.75) is 6.54 Å². The molecule has 33 heavy (non-hydrogen) atoms. The maximum Gasteiger partial charge on any atom is 0.274 e. The number of pyridine rings is 1. The van der Waals surface area contributed by atoms with Crippen molar-refractivity contribution >= 4 is 28.1 Å². The number of halogens is 2. The Morgan fingerprint density at radius 3 is 2.64 bits per heavy atom. The monoisotopic (exact) mass is 453 g/mol. The Morgan fingerprint density at radius 2 is 1.91 bits per heavy atom. The molecule has 11 heteroatoms. The molecule has 1 amide bonds. The molecule has 170 valence electrons. The largest absolute Gasteiger partial charge is 0.365 e. The third kappa shape index (κ3) is 3.69. The van der Waals surface area contributed by atoms with E-state index >= 15 is 4.39 Å². The SMILES string of the molecule is CNC(=O)c1ccc(N2CCN(Cc3ccc4c([nH]c(=O)c5cncn54)c3F)CC2)c(F)n1. The molecule has 1 aliphatic heterocycles. The average Bonchev–Trinajstić information content (AvgIpc) is 3.32. The molecule has 0 unspecified atom stereocenters. The van der Waals surface area contributed by atoms with Gasteiger partial charge in [-0.15, -0.1) is 0 Å². The lowest BCUT2D eigenvalue weighted by Crippen LogP contribution is -2.46. The molecule has 0 radical (unpaired) electrons. The molecule has 1 saturated heterocycles. The number of carbonyl (C=O) groups is 1. The number of benzene rings is 1. The van der Waals surface area contributed by atoms with Gasteiger partial charge in [-0.05, 0) is 18.2 Å². The van der Waals surface area contributed by atoms with Crippen LogP contribution in [0.15, 0.2) is 41.6 Å². The zero-order chi connectivity index (χ0) is 23.1. The van der Waals surface area contributed by atoms with Crippen LogP contribution in [0, 0.1) is 11.8 Å². The zero-order valence-corrected chi connectivity index (χ0v) is 17.8. The van der Waals surface area contributed by atoms with Crippen LogP contribution in [0.2, 0.25) is 0 Å². The second-order valence-corrected chi connectivity index (χ2v) is 7.88. The van der Waals surface area contributed by atoms with Crippen LogP contribution < -0.4 is 15.8 Å². The van der Waals surface area contributed by atoms with Crippen LogP contribution in [0.1, 0.15) is 16.1 Å². The Morgan fingerprint density at radius 1 is 1.12 bits per heavy atom. The molecule has 1 aromatic carbocycles. The quantitative estimate of drug-likeness (QED) is 0.455. The van der Waals surface area contributed by atoms with Crippen molar-refractivity contribution < 1.29 is 13.6 Å². The van der Waals surface area contributed by atoms with Gasteiger partial charge in [-0.3, -0.25) is 18.9 Å². The molecule has 5 rings (SSSR count). The zero-order valence-electron chi connectivity index (χ0n) is 17.8. The molecule has 2 N–H and O–H groups in total. The number of nitrogens with one attached hydrogen (secondary N) is 2. The highest BCUT2D eigenvalue weighted by molar-refractivity contribution is 5.92. The molecule has 0 aliphatic carbocycles. The second kappa shape index (κ2) is 8.24. The fourth-order valence-electron chi connectivity index (χ4n) is 4.19. The van der Waals surface area contributed by atoms with Crippen LogP contribution in [0.4, 0.5) is 14.5 Å². The lowest BCUT2D eigenvalue weighted by Gasteiger charge is -2.36. The summed E-state index contributed by atoms with van der Waals surface area (Å²) in [5.74, 6) is -1.61. The summed E-state index contributed by atoms with van der Waals surface area (Å²) in [6, 6.07) is 6.53. The van der Waals surface area contributed by atoms with Gasteiger partial charge in [-0.1, -0.05) is 6.07 Å². The Kier molecular flexibility index (Phi) is 5.25. The number of hydrogen-bond acceptors (Lipinski definition) is 6. The number of carbonyl (C=O) groups excluding carboxylic acids is 1. The van der Waals surface area contributed by atoms with E-state index in [-0.39, 0.29) is 11.2 Å². The van der Waals surface area contributed by atoms with Gasteiger partial charge in [0, 0.05) is 45.3 Å². The van der Waals surface area contributed by atoms with Crippen LogP contribution in [-0.4, -0.2) is 63.4 Å². The van der Waals surface area contributed by atoms with Crippen molar-refractivity contribution in [3.05, 3.63) is 70.2 Å². The molecule has 9 nitrogen and oxygen atoms in total. The van der Waals surface area contributed by atoms with E-state index < -0.39 is 23.2 Å². The molecule has 0 atom stereocenters. The summed E-state index contributed by atoms with van der Waals surface area (Å²) in [6.45, 7) is 2.59. The summed E-state index contributed by atoms with van der Waals surface area (Å²) < 4.78 is 31.3. The Bertz CT molecular complexity index is 1420. The van der Waals surface area contributed by atoms with Gasteiger partial charge >= 0.3 is 0 Å². The van der Waals surface area contributed by atoms with Gasteiger partial charge in [-0.2, -0.15) is 4.39 Å². The Balaban J connectivity index is 1.31. The van der Waals surface area contributed by atoms with Crippen molar-refractivity contribution in [1.82, 2.24) is 29.6 Å². The number of piperazine rings is 1. The van der Waals surface area contributed by atoms with Crippen molar-refractivity contribution in [3.8, 4) is 0 Å². The van der Waals surface area contributed by atoms with Crippen LogP contribution in [0.25, 0.3) is 16.6 Å². The third-order valence-corrected chi connectivity index (χ3v) is 5.96. The number of rotatable bonds is 4. The first-order chi connectivity index (χ1) is 16.0. The molecular weight excluding hydrogens is 432 g/mol. The van der Waals surface area contributed by atoms with Gasteiger partial charge in [0.1, 0.15) is 16.7 Å². The van der Waals surface area contributed by atoms with E-state index in [0.29, 0.717) is 55.0 Å². The number of anilines is 1. The van der Waals surface area contributed by atoms with Gasteiger partial charge < -0.3 is 15.2 Å². The van der Waals surface area contributed by atoms with Gasteiger partial charge in [-0.25, -0.2) is 14.4 Å². The highest BCUT2D eigenvalue weighted by atomic mass is 19.1. The fraction of sp³-hybridized carbons (Fsp3) is 0.273. The first kappa shape index (κ1) is 21.0.